The standard InChI is InChI=1S/C25H42ClNO/c1-2-3-4-5-6-7-8-9-10-11-12-13-14-18-21-24(26)25(28)27-22-23-19-16-15-17-20-23/h15-17,19-20,24H,2-14,18,21-22H2,1H3,(H,27,28). The molecule has 3 heteroatoms. The smallest absolute Gasteiger partial charge is 0.238 e. The fourth-order valence-corrected chi connectivity index (χ4v) is 3.78. The Bertz CT molecular complexity index is 477. The first kappa shape index (κ1) is 25.0. The Labute approximate surface area is 178 Å². The lowest BCUT2D eigenvalue weighted by Crippen LogP contribution is -2.30. The van der Waals surface area contributed by atoms with Crippen LogP contribution in [0.4, 0.5) is 0 Å². The summed E-state index contributed by atoms with van der Waals surface area (Å²) in [5.41, 5.74) is 1.11. The van der Waals surface area contributed by atoms with E-state index in [1.54, 1.807) is 0 Å². The molecule has 1 aromatic carbocycles. The predicted octanol–water partition coefficient (Wildman–Crippen LogP) is 7.78. The van der Waals surface area contributed by atoms with Gasteiger partial charge in [-0.25, -0.2) is 0 Å². The van der Waals surface area contributed by atoms with Crippen LogP contribution in [-0.4, -0.2) is 11.3 Å². The average Bonchev–Trinajstić information content (AvgIpc) is 2.72. The number of amides is 1. The van der Waals surface area contributed by atoms with Crippen LogP contribution in [-0.2, 0) is 11.3 Å². The minimum atomic E-state index is -0.402. The number of alkyl halides is 1. The molecule has 1 amide bonds. The van der Waals surface area contributed by atoms with Gasteiger partial charge in [-0.15, -0.1) is 11.6 Å². The molecule has 1 rings (SSSR count). The van der Waals surface area contributed by atoms with Gasteiger partial charge in [-0.2, -0.15) is 0 Å². The molecule has 0 aliphatic heterocycles. The van der Waals surface area contributed by atoms with E-state index < -0.39 is 5.38 Å². The summed E-state index contributed by atoms with van der Waals surface area (Å²) in [4.78, 5) is 12.0. The van der Waals surface area contributed by atoms with E-state index in [0.717, 1.165) is 18.4 Å². The molecule has 0 spiro atoms. The topological polar surface area (TPSA) is 29.1 Å². The van der Waals surface area contributed by atoms with Crippen LogP contribution in [0.2, 0.25) is 0 Å². The third kappa shape index (κ3) is 14.0. The molecule has 160 valence electrons. The van der Waals surface area contributed by atoms with Gasteiger partial charge in [-0.05, 0) is 12.0 Å². The third-order valence-electron chi connectivity index (χ3n) is 5.41. The van der Waals surface area contributed by atoms with E-state index in [-0.39, 0.29) is 5.91 Å². The molecule has 1 atom stereocenters. The van der Waals surface area contributed by atoms with Crippen LogP contribution in [0.5, 0.6) is 0 Å². The second-order valence-corrected chi connectivity index (χ2v) is 8.58. The Morgan fingerprint density at radius 1 is 0.786 bits per heavy atom. The van der Waals surface area contributed by atoms with Crippen molar-refractivity contribution in [3.8, 4) is 0 Å². The molecular formula is C25H42ClNO. The van der Waals surface area contributed by atoms with Crippen LogP contribution in [0.1, 0.15) is 109 Å². The number of carbonyl (C=O) groups excluding carboxylic acids is 1. The van der Waals surface area contributed by atoms with Gasteiger partial charge in [0.15, 0.2) is 0 Å². The van der Waals surface area contributed by atoms with E-state index in [2.05, 4.69) is 12.2 Å². The summed E-state index contributed by atoms with van der Waals surface area (Å²) in [7, 11) is 0. The van der Waals surface area contributed by atoms with Gasteiger partial charge in [0.05, 0.1) is 0 Å². The maximum Gasteiger partial charge on any atom is 0.238 e. The molecule has 0 aliphatic carbocycles. The van der Waals surface area contributed by atoms with E-state index in [1.165, 1.54) is 83.5 Å². The number of rotatable bonds is 18. The van der Waals surface area contributed by atoms with E-state index in [0.29, 0.717) is 6.54 Å². The van der Waals surface area contributed by atoms with E-state index in [4.69, 9.17) is 11.6 Å². The van der Waals surface area contributed by atoms with Crippen molar-refractivity contribution in [3.05, 3.63) is 35.9 Å². The van der Waals surface area contributed by atoms with Crippen molar-refractivity contribution in [2.45, 2.75) is 115 Å². The molecule has 0 heterocycles. The van der Waals surface area contributed by atoms with Gasteiger partial charge < -0.3 is 5.32 Å². The van der Waals surface area contributed by atoms with Crippen LogP contribution in [0.25, 0.3) is 0 Å². The Morgan fingerprint density at radius 2 is 1.25 bits per heavy atom. The first-order valence-electron chi connectivity index (χ1n) is 11.7. The summed E-state index contributed by atoms with van der Waals surface area (Å²) in [6, 6.07) is 9.96. The monoisotopic (exact) mass is 407 g/mol. The molecule has 1 N–H and O–H groups in total. The number of hydrogen-bond donors (Lipinski definition) is 1. The lowest BCUT2D eigenvalue weighted by Gasteiger charge is -2.10. The normalized spacial score (nSPS) is 12.1. The summed E-state index contributed by atoms with van der Waals surface area (Å²) in [5.74, 6) is -0.0415. The summed E-state index contributed by atoms with van der Waals surface area (Å²) in [6.07, 6.45) is 19.6. The van der Waals surface area contributed by atoms with E-state index in [9.17, 15) is 4.79 Å². The van der Waals surface area contributed by atoms with Crippen molar-refractivity contribution in [2.75, 3.05) is 0 Å². The number of unbranched alkanes of at least 4 members (excludes halogenated alkanes) is 13. The summed E-state index contributed by atoms with van der Waals surface area (Å²) in [5, 5.41) is 2.53. The summed E-state index contributed by atoms with van der Waals surface area (Å²) >= 11 is 6.24. The average molecular weight is 408 g/mol. The maximum atomic E-state index is 12.0. The molecule has 1 unspecified atom stereocenters. The zero-order valence-electron chi connectivity index (χ0n) is 18.1. The Kier molecular flexibility index (Phi) is 16.1. The minimum Gasteiger partial charge on any atom is -0.351 e. The highest BCUT2D eigenvalue weighted by molar-refractivity contribution is 6.30. The Morgan fingerprint density at radius 3 is 1.75 bits per heavy atom. The molecule has 0 aromatic heterocycles. The Hall–Kier alpha value is -1.02. The van der Waals surface area contributed by atoms with Crippen LogP contribution >= 0.6 is 11.6 Å². The lowest BCUT2D eigenvalue weighted by molar-refractivity contribution is -0.121. The largest absolute Gasteiger partial charge is 0.351 e. The summed E-state index contributed by atoms with van der Waals surface area (Å²) < 4.78 is 0. The zero-order chi connectivity index (χ0) is 20.3. The number of halogens is 1. The number of benzene rings is 1. The molecule has 0 radical (unpaired) electrons. The highest BCUT2D eigenvalue weighted by Gasteiger charge is 2.14. The van der Waals surface area contributed by atoms with Gasteiger partial charge in [0.2, 0.25) is 5.91 Å². The van der Waals surface area contributed by atoms with Crippen molar-refractivity contribution < 1.29 is 4.79 Å². The van der Waals surface area contributed by atoms with Crippen LogP contribution < -0.4 is 5.32 Å². The van der Waals surface area contributed by atoms with Gasteiger partial charge in [0.25, 0.3) is 0 Å². The second kappa shape index (κ2) is 18.0. The SMILES string of the molecule is CCCCCCCCCCCCCCCCC(Cl)C(=O)NCc1ccccc1. The quantitative estimate of drug-likeness (QED) is 0.195. The highest BCUT2D eigenvalue weighted by Crippen LogP contribution is 2.15. The van der Waals surface area contributed by atoms with Crippen LogP contribution in [0.15, 0.2) is 30.3 Å². The summed E-state index contributed by atoms with van der Waals surface area (Å²) in [6.45, 7) is 2.83. The Balaban J connectivity index is 1.85. The second-order valence-electron chi connectivity index (χ2n) is 8.06. The molecule has 0 aliphatic rings. The van der Waals surface area contributed by atoms with Crippen LogP contribution in [0, 0.1) is 0 Å². The molecule has 0 saturated carbocycles. The van der Waals surface area contributed by atoms with Crippen molar-refractivity contribution in [2.24, 2.45) is 0 Å². The molecule has 1 aromatic rings. The third-order valence-corrected chi connectivity index (χ3v) is 5.82. The highest BCUT2D eigenvalue weighted by atomic mass is 35.5. The zero-order valence-corrected chi connectivity index (χ0v) is 18.8. The van der Waals surface area contributed by atoms with Crippen molar-refractivity contribution in [3.63, 3.8) is 0 Å². The predicted molar refractivity (Wildman–Crippen MR) is 123 cm³/mol. The molecule has 0 fully saturated rings. The van der Waals surface area contributed by atoms with E-state index in [1.807, 2.05) is 30.3 Å². The first-order valence-corrected chi connectivity index (χ1v) is 12.1. The van der Waals surface area contributed by atoms with Gasteiger partial charge in [-0.1, -0.05) is 127 Å². The number of nitrogens with one attached hydrogen (secondary N) is 1. The number of hydrogen-bond acceptors (Lipinski definition) is 1. The molecule has 2 nitrogen and oxygen atoms in total. The number of carbonyl (C=O) groups is 1. The van der Waals surface area contributed by atoms with Crippen molar-refractivity contribution in [1.29, 1.82) is 0 Å². The lowest BCUT2D eigenvalue weighted by atomic mass is 10.0. The first-order chi connectivity index (χ1) is 13.7. The van der Waals surface area contributed by atoms with Crippen LogP contribution in [0.3, 0.4) is 0 Å². The molecule has 0 saturated heterocycles. The maximum absolute atomic E-state index is 12.0. The fourth-order valence-electron chi connectivity index (χ4n) is 3.54. The van der Waals surface area contributed by atoms with E-state index >= 15 is 0 Å². The molecule has 28 heavy (non-hydrogen) atoms. The van der Waals surface area contributed by atoms with Gasteiger partial charge in [0.1, 0.15) is 5.38 Å². The van der Waals surface area contributed by atoms with Gasteiger partial charge in [-0.3, -0.25) is 4.79 Å². The van der Waals surface area contributed by atoms with Crippen molar-refractivity contribution >= 4 is 17.5 Å². The van der Waals surface area contributed by atoms with Crippen molar-refractivity contribution in [1.82, 2.24) is 5.32 Å². The van der Waals surface area contributed by atoms with Gasteiger partial charge >= 0.3 is 0 Å². The fraction of sp³-hybridized carbons (Fsp3) is 0.720. The molecular weight excluding hydrogens is 366 g/mol. The molecule has 0 bridgehead atoms. The van der Waals surface area contributed by atoms with Gasteiger partial charge in [0, 0.05) is 6.54 Å². The minimum absolute atomic E-state index is 0.0415.